The smallest absolute Gasteiger partial charge is 0.331 e. The van der Waals surface area contributed by atoms with Crippen LogP contribution in [0.3, 0.4) is 0 Å². The Morgan fingerprint density at radius 3 is 2.52 bits per heavy atom. The second-order valence-corrected chi connectivity index (χ2v) is 5.50. The lowest BCUT2D eigenvalue weighted by Gasteiger charge is -2.25. The van der Waals surface area contributed by atoms with Crippen molar-refractivity contribution >= 4 is 12.0 Å². The fourth-order valence-corrected chi connectivity index (χ4v) is 1.83. The molecule has 112 valence electrons. The van der Waals surface area contributed by atoms with E-state index in [2.05, 4.69) is 26.5 Å². The molecule has 0 bridgehead atoms. The van der Waals surface area contributed by atoms with Crippen molar-refractivity contribution in [1.82, 2.24) is 0 Å². The van der Waals surface area contributed by atoms with Crippen LogP contribution in [-0.2, 0) is 9.53 Å². The minimum Gasteiger partial charge on any atom is -0.452 e. The largest absolute Gasteiger partial charge is 0.452 e. The average Bonchev–Trinajstić information content (AvgIpc) is 2.46. The van der Waals surface area contributed by atoms with Crippen LogP contribution in [0.15, 0.2) is 60.7 Å². The Morgan fingerprint density at radius 1 is 1.29 bits per heavy atom. The molecular weight excluding hydrogens is 260 g/mol. The Bertz CT molecular complexity index is 522. The molecule has 0 aliphatic heterocycles. The Labute approximate surface area is 127 Å². The molecule has 0 spiro atoms. The van der Waals surface area contributed by atoms with Crippen molar-refractivity contribution in [3.63, 3.8) is 0 Å². The van der Waals surface area contributed by atoms with Gasteiger partial charge in [-0.05, 0) is 51.3 Å². The zero-order valence-electron chi connectivity index (χ0n) is 13.1. The van der Waals surface area contributed by atoms with E-state index in [1.54, 1.807) is 12.2 Å². The zero-order chi connectivity index (χ0) is 15.7. The molecule has 0 amide bonds. The van der Waals surface area contributed by atoms with E-state index >= 15 is 0 Å². The van der Waals surface area contributed by atoms with Gasteiger partial charge in [-0.15, -0.1) is 0 Å². The van der Waals surface area contributed by atoms with Gasteiger partial charge in [0.2, 0.25) is 0 Å². The first-order valence-corrected chi connectivity index (χ1v) is 7.18. The van der Waals surface area contributed by atoms with Crippen LogP contribution >= 0.6 is 0 Å². The maximum absolute atomic E-state index is 11.9. The van der Waals surface area contributed by atoms with Crippen LogP contribution in [0.1, 0.15) is 39.2 Å². The van der Waals surface area contributed by atoms with Gasteiger partial charge in [-0.1, -0.05) is 48.6 Å². The summed E-state index contributed by atoms with van der Waals surface area (Å²) >= 11 is 0. The molecule has 0 saturated heterocycles. The Kier molecular flexibility index (Phi) is 6.67. The summed E-state index contributed by atoms with van der Waals surface area (Å²) in [6, 6.07) is 9.67. The Hall–Kier alpha value is -2.09. The summed E-state index contributed by atoms with van der Waals surface area (Å²) in [6.07, 6.45) is 8.63. The van der Waals surface area contributed by atoms with Crippen molar-refractivity contribution in [3.8, 4) is 0 Å². The number of esters is 1. The van der Waals surface area contributed by atoms with Crippen molar-refractivity contribution in [2.24, 2.45) is 0 Å². The van der Waals surface area contributed by atoms with E-state index < -0.39 is 5.60 Å². The lowest BCUT2D eigenvalue weighted by atomic mass is 9.99. The van der Waals surface area contributed by atoms with Crippen LogP contribution in [0.4, 0.5) is 0 Å². The van der Waals surface area contributed by atoms with Crippen LogP contribution in [-0.4, -0.2) is 11.6 Å². The number of hydrogen-bond acceptors (Lipinski definition) is 2. The number of rotatable bonds is 7. The molecule has 0 unspecified atom stereocenters. The predicted octanol–water partition coefficient (Wildman–Crippen LogP) is 4.93. The van der Waals surface area contributed by atoms with Gasteiger partial charge in [0.15, 0.2) is 0 Å². The van der Waals surface area contributed by atoms with Crippen LogP contribution < -0.4 is 0 Å². The fraction of sp³-hybridized carbons (Fsp3) is 0.316. The first-order chi connectivity index (χ1) is 9.95. The van der Waals surface area contributed by atoms with Gasteiger partial charge in [0.1, 0.15) is 5.60 Å². The van der Waals surface area contributed by atoms with Gasteiger partial charge in [-0.25, -0.2) is 4.79 Å². The molecule has 1 aromatic carbocycles. The molecule has 0 heterocycles. The number of carbonyl (C=O) groups is 1. The highest BCUT2D eigenvalue weighted by atomic mass is 16.6. The fourth-order valence-electron chi connectivity index (χ4n) is 1.83. The van der Waals surface area contributed by atoms with E-state index in [9.17, 15) is 4.79 Å². The predicted molar refractivity (Wildman–Crippen MR) is 88.8 cm³/mol. The topological polar surface area (TPSA) is 26.3 Å². The molecule has 0 aromatic heterocycles. The molecule has 0 fully saturated rings. The third-order valence-corrected chi connectivity index (χ3v) is 3.17. The van der Waals surface area contributed by atoms with E-state index in [1.807, 2.05) is 37.3 Å². The molecule has 21 heavy (non-hydrogen) atoms. The van der Waals surface area contributed by atoms with Crippen molar-refractivity contribution < 1.29 is 9.53 Å². The van der Waals surface area contributed by atoms with Gasteiger partial charge in [-0.3, -0.25) is 0 Å². The molecule has 1 atom stereocenters. The van der Waals surface area contributed by atoms with E-state index in [0.717, 1.165) is 18.4 Å². The number of allylic oxidation sites excluding steroid dienone is 2. The van der Waals surface area contributed by atoms with Crippen molar-refractivity contribution in [2.75, 3.05) is 0 Å². The zero-order valence-corrected chi connectivity index (χ0v) is 13.1. The Balaban J connectivity index is 2.59. The molecular formula is C19H24O2. The highest BCUT2D eigenvalue weighted by Gasteiger charge is 2.23. The first-order valence-electron chi connectivity index (χ1n) is 7.18. The van der Waals surface area contributed by atoms with Crippen LogP contribution in [0.25, 0.3) is 6.08 Å². The summed E-state index contributed by atoms with van der Waals surface area (Å²) in [7, 11) is 0. The normalized spacial score (nSPS) is 13.5. The lowest BCUT2D eigenvalue weighted by Crippen LogP contribution is -2.28. The monoisotopic (exact) mass is 284 g/mol. The van der Waals surface area contributed by atoms with Gasteiger partial charge in [0.05, 0.1) is 0 Å². The van der Waals surface area contributed by atoms with Crippen LogP contribution in [0.2, 0.25) is 0 Å². The van der Waals surface area contributed by atoms with E-state index in [1.165, 1.54) is 11.6 Å². The van der Waals surface area contributed by atoms with Gasteiger partial charge in [0.25, 0.3) is 0 Å². The molecule has 0 aliphatic carbocycles. The third kappa shape index (κ3) is 6.75. The summed E-state index contributed by atoms with van der Waals surface area (Å²) in [5, 5.41) is 0. The maximum Gasteiger partial charge on any atom is 0.331 e. The molecule has 0 N–H and O–H groups in total. The first kappa shape index (κ1) is 17.0. The summed E-state index contributed by atoms with van der Waals surface area (Å²) < 4.78 is 5.52. The van der Waals surface area contributed by atoms with Gasteiger partial charge in [-0.2, -0.15) is 0 Å². The summed E-state index contributed by atoms with van der Waals surface area (Å²) in [4.78, 5) is 11.9. The highest BCUT2D eigenvalue weighted by Crippen LogP contribution is 2.20. The highest BCUT2D eigenvalue weighted by molar-refractivity contribution is 5.87. The number of hydrogen-bond donors (Lipinski definition) is 0. The SMILES string of the molecule is C=C[C@@](C)(CCC=C(C)C)OC(=O)/C=C\c1ccccc1. The maximum atomic E-state index is 11.9. The molecule has 1 aromatic rings. The third-order valence-electron chi connectivity index (χ3n) is 3.17. The second-order valence-electron chi connectivity index (χ2n) is 5.50. The number of carbonyl (C=O) groups excluding carboxylic acids is 1. The average molecular weight is 284 g/mol. The van der Waals surface area contributed by atoms with Gasteiger partial charge >= 0.3 is 5.97 Å². The summed E-state index contributed by atoms with van der Waals surface area (Å²) in [5.41, 5.74) is 1.60. The summed E-state index contributed by atoms with van der Waals surface area (Å²) in [6.45, 7) is 9.77. The van der Waals surface area contributed by atoms with E-state index in [0.29, 0.717) is 0 Å². The molecule has 2 nitrogen and oxygen atoms in total. The van der Waals surface area contributed by atoms with Gasteiger partial charge in [0, 0.05) is 6.08 Å². The van der Waals surface area contributed by atoms with E-state index in [4.69, 9.17) is 4.74 Å². The molecule has 1 rings (SSSR count). The summed E-state index contributed by atoms with van der Waals surface area (Å²) in [5.74, 6) is -0.349. The Morgan fingerprint density at radius 2 is 1.95 bits per heavy atom. The minimum atomic E-state index is -0.635. The minimum absolute atomic E-state index is 0.349. The second kappa shape index (κ2) is 8.25. The molecule has 0 saturated carbocycles. The van der Waals surface area contributed by atoms with Gasteiger partial charge < -0.3 is 4.74 Å². The van der Waals surface area contributed by atoms with Crippen molar-refractivity contribution in [3.05, 3.63) is 66.3 Å². The van der Waals surface area contributed by atoms with Crippen molar-refractivity contribution in [2.45, 2.75) is 39.2 Å². The molecule has 0 aliphatic rings. The van der Waals surface area contributed by atoms with Crippen LogP contribution in [0, 0.1) is 0 Å². The van der Waals surface area contributed by atoms with Crippen LogP contribution in [0.5, 0.6) is 0 Å². The number of ether oxygens (including phenoxy) is 1. The molecule has 0 radical (unpaired) electrons. The van der Waals surface area contributed by atoms with E-state index in [-0.39, 0.29) is 5.97 Å². The van der Waals surface area contributed by atoms with Crippen molar-refractivity contribution in [1.29, 1.82) is 0 Å². The standard InChI is InChI=1S/C19H24O2/c1-5-19(4,15-9-10-16(2)3)21-18(20)14-13-17-11-7-6-8-12-17/h5-8,10-14H,1,9,15H2,2-4H3/b14-13-/t19-/m0/s1. The number of benzene rings is 1. The molecule has 2 heteroatoms. The quantitative estimate of drug-likeness (QED) is 0.403. The lowest BCUT2D eigenvalue weighted by molar-refractivity contribution is -0.147.